The molecule has 0 amide bonds. The second kappa shape index (κ2) is 6.82. The van der Waals surface area contributed by atoms with E-state index >= 15 is 0 Å². The maximum Gasteiger partial charge on any atom is 0.146 e. The zero-order chi connectivity index (χ0) is 11.4. The summed E-state index contributed by atoms with van der Waals surface area (Å²) in [5.41, 5.74) is 0.709. The molecule has 1 heterocycles. The molecule has 0 aromatic heterocycles. The minimum Gasteiger partial charge on any atom is -0.372 e. The van der Waals surface area contributed by atoms with Crippen LogP contribution in [0.15, 0.2) is 24.3 Å². The topological polar surface area (TPSA) is 15.3 Å². The number of hydrogen-bond donors (Lipinski definition) is 1. The van der Waals surface area contributed by atoms with E-state index in [1.807, 2.05) is 24.1 Å². The monoisotopic (exact) mass is 258 g/mol. The molecule has 0 radical (unpaired) electrons. The van der Waals surface area contributed by atoms with Crippen molar-refractivity contribution >= 4 is 18.1 Å². The second-order valence-corrected chi connectivity index (χ2v) is 4.53. The van der Waals surface area contributed by atoms with Crippen LogP contribution in [0.25, 0.3) is 0 Å². The van der Waals surface area contributed by atoms with Gasteiger partial charge in [0.25, 0.3) is 0 Å². The molecule has 4 heteroatoms. The second-order valence-electron chi connectivity index (χ2n) is 4.53. The molecule has 1 saturated heterocycles. The SMILES string of the molecule is CN(CC1CCNCC1)c1ccccc1F.Cl. The van der Waals surface area contributed by atoms with Crippen LogP contribution in [0.1, 0.15) is 12.8 Å². The molecule has 0 bridgehead atoms. The standard InChI is InChI=1S/C13H19FN2.ClH/c1-16(10-11-6-8-15-9-7-11)13-5-3-2-4-12(13)14;/h2-5,11,15H,6-10H2,1H3;1H. The lowest BCUT2D eigenvalue weighted by molar-refractivity contribution is 0.377. The number of para-hydroxylation sites is 1. The number of benzene rings is 1. The zero-order valence-electron chi connectivity index (χ0n) is 10.2. The third kappa shape index (κ3) is 3.86. The molecule has 1 aromatic carbocycles. The molecule has 17 heavy (non-hydrogen) atoms. The first-order valence-corrected chi connectivity index (χ1v) is 5.94. The quantitative estimate of drug-likeness (QED) is 0.897. The van der Waals surface area contributed by atoms with E-state index in [-0.39, 0.29) is 18.2 Å². The summed E-state index contributed by atoms with van der Waals surface area (Å²) >= 11 is 0. The number of rotatable bonds is 3. The molecular formula is C13H20ClFN2. The van der Waals surface area contributed by atoms with Gasteiger partial charge in [-0.25, -0.2) is 4.39 Å². The van der Waals surface area contributed by atoms with Gasteiger partial charge in [-0.2, -0.15) is 0 Å². The number of hydrogen-bond acceptors (Lipinski definition) is 2. The molecule has 1 aromatic rings. The van der Waals surface area contributed by atoms with E-state index in [1.165, 1.54) is 18.9 Å². The van der Waals surface area contributed by atoms with Crippen LogP contribution >= 0.6 is 12.4 Å². The van der Waals surface area contributed by atoms with Crippen LogP contribution in [0.4, 0.5) is 10.1 Å². The Balaban J connectivity index is 0.00000144. The highest BCUT2D eigenvalue weighted by Gasteiger charge is 2.16. The van der Waals surface area contributed by atoms with Crippen LogP contribution in [-0.4, -0.2) is 26.7 Å². The van der Waals surface area contributed by atoms with Crippen LogP contribution in [0.3, 0.4) is 0 Å². The minimum atomic E-state index is -0.126. The van der Waals surface area contributed by atoms with Gasteiger partial charge >= 0.3 is 0 Å². The largest absolute Gasteiger partial charge is 0.372 e. The molecule has 0 aliphatic carbocycles. The van der Waals surface area contributed by atoms with Crippen LogP contribution in [0.2, 0.25) is 0 Å². The summed E-state index contributed by atoms with van der Waals surface area (Å²) in [6.45, 7) is 3.13. The Labute approximate surface area is 109 Å². The number of anilines is 1. The van der Waals surface area contributed by atoms with Crippen LogP contribution < -0.4 is 10.2 Å². The Hall–Kier alpha value is -0.800. The number of piperidine rings is 1. The van der Waals surface area contributed by atoms with Crippen molar-refractivity contribution in [2.75, 3.05) is 31.6 Å². The average molecular weight is 259 g/mol. The van der Waals surface area contributed by atoms with Crippen LogP contribution in [0, 0.1) is 11.7 Å². The minimum absolute atomic E-state index is 0. The fraction of sp³-hybridized carbons (Fsp3) is 0.538. The van der Waals surface area contributed by atoms with E-state index in [4.69, 9.17) is 0 Å². The molecule has 0 saturated carbocycles. The Morgan fingerprint density at radius 1 is 1.29 bits per heavy atom. The molecule has 2 nitrogen and oxygen atoms in total. The van der Waals surface area contributed by atoms with Gasteiger partial charge in [0.15, 0.2) is 0 Å². The predicted octanol–water partition coefficient (Wildman–Crippen LogP) is 2.68. The van der Waals surface area contributed by atoms with E-state index in [0.29, 0.717) is 11.6 Å². The average Bonchev–Trinajstić information content (AvgIpc) is 2.31. The third-order valence-electron chi connectivity index (χ3n) is 3.25. The molecule has 0 unspecified atom stereocenters. The van der Waals surface area contributed by atoms with E-state index in [2.05, 4.69) is 5.32 Å². The highest BCUT2D eigenvalue weighted by molar-refractivity contribution is 5.85. The van der Waals surface area contributed by atoms with Crippen molar-refractivity contribution in [1.82, 2.24) is 5.32 Å². The lowest BCUT2D eigenvalue weighted by Crippen LogP contribution is -2.34. The highest BCUT2D eigenvalue weighted by Crippen LogP contribution is 2.20. The molecule has 1 aliphatic heterocycles. The van der Waals surface area contributed by atoms with Gasteiger partial charge in [-0.05, 0) is 44.0 Å². The van der Waals surface area contributed by atoms with Crippen molar-refractivity contribution in [2.24, 2.45) is 5.92 Å². The Kier molecular flexibility index (Phi) is 5.72. The smallest absolute Gasteiger partial charge is 0.146 e. The summed E-state index contributed by atoms with van der Waals surface area (Å²) in [4.78, 5) is 2.03. The van der Waals surface area contributed by atoms with Crippen LogP contribution in [-0.2, 0) is 0 Å². The maximum absolute atomic E-state index is 13.5. The van der Waals surface area contributed by atoms with Gasteiger partial charge < -0.3 is 10.2 Å². The molecule has 2 rings (SSSR count). The summed E-state index contributed by atoms with van der Waals surface area (Å²) in [6.07, 6.45) is 2.39. The van der Waals surface area contributed by atoms with Crippen molar-refractivity contribution in [3.05, 3.63) is 30.1 Å². The van der Waals surface area contributed by atoms with Crippen molar-refractivity contribution in [3.8, 4) is 0 Å². The molecule has 0 spiro atoms. The summed E-state index contributed by atoms with van der Waals surface area (Å²) < 4.78 is 13.5. The van der Waals surface area contributed by atoms with Crippen LogP contribution in [0.5, 0.6) is 0 Å². The van der Waals surface area contributed by atoms with Gasteiger partial charge in [0.2, 0.25) is 0 Å². The fourth-order valence-electron chi connectivity index (χ4n) is 2.31. The maximum atomic E-state index is 13.5. The van der Waals surface area contributed by atoms with Crippen molar-refractivity contribution in [3.63, 3.8) is 0 Å². The van der Waals surface area contributed by atoms with Gasteiger partial charge in [-0.15, -0.1) is 12.4 Å². The first kappa shape index (κ1) is 14.3. The van der Waals surface area contributed by atoms with E-state index in [1.54, 1.807) is 6.07 Å². The lowest BCUT2D eigenvalue weighted by Gasteiger charge is -2.29. The first-order valence-electron chi connectivity index (χ1n) is 5.94. The Morgan fingerprint density at radius 2 is 1.94 bits per heavy atom. The van der Waals surface area contributed by atoms with Crippen molar-refractivity contribution in [2.45, 2.75) is 12.8 Å². The van der Waals surface area contributed by atoms with Gasteiger partial charge in [-0.3, -0.25) is 0 Å². The van der Waals surface area contributed by atoms with Gasteiger partial charge in [0.05, 0.1) is 5.69 Å². The van der Waals surface area contributed by atoms with E-state index in [0.717, 1.165) is 19.6 Å². The Morgan fingerprint density at radius 3 is 2.59 bits per heavy atom. The summed E-state index contributed by atoms with van der Waals surface area (Å²) in [5, 5.41) is 3.35. The fourth-order valence-corrected chi connectivity index (χ4v) is 2.31. The zero-order valence-corrected chi connectivity index (χ0v) is 11.0. The predicted molar refractivity (Wildman–Crippen MR) is 72.5 cm³/mol. The first-order chi connectivity index (χ1) is 7.77. The van der Waals surface area contributed by atoms with Gasteiger partial charge in [-0.1, -0.05) is 12.1 Å². The summed E-state index contributed by atoms with van der Waals surface area (Å²) in [6, 6.07) is 6.99. The normalized spacial score (nSPS) is 16.4. The molecule has 96 valence electrons. The molecule has 1 N–H and O–H groups in total. The number of nitrogens with one attached hydrogen (secondary N) is 1. The molecule has 1 aliphatic rings. The molecule has 0 atom stereocenters. The van der Waals surface area contributed by atoms with E-state index in [9.17, 15) is 4.39 Å². The molecular weight excluding hydrogens is 239 g/mol. The van der Waals surface area contributed by atoms with Gasteiger partial charge in [0.1, 0.15) is 5.82 Å². The number of nitrogens with zero attached hydrogens (tertiary/aromatic N) is 1. The summed E-state index contributed by atoms with van der Waals surface area (Å²) in [7, 11) is 1.97. The van der Waals surface area contributed by atoms with Crippen molar-refractivity contribution < 1.29 is 4.39 Å². The Bertz CT molecular complexity index is 340. The highest BCUT2D eigenvalue weighted by atomic mass is 35.5. The van der Waals surface area contributed by atoms with Gasteiger partial charge in [0, 0.05) is 13.6 Å². The lowest BCUT2D eigenvalue weighted by atomic mass is 9.97. The number of halogens is 2. The summed E-state index contributed by atoms with van der Waals surface area (Å²) in [5.74, 6) is 0.560. The molecule has 1 fully saturated rings. The van der Waals surface area contributed by atoms with Crippen molar-refractivity contribution in [1.29, 1.82) is 0 Å². The van der Waals surface area contributed by atoms with E-state index < -0.39 is 0 Å². The third-order valence-corrected chi connectivity index (χ3v) is 3.25.